The van der Waals surface area contributed by atoms with E-state index in [-0.39, 0.29) is 5.91 Å². The number of aryl methyl sites for hydroxylation is 1. The Morgan fingerprint density at radius 2 is 2.32 bits per heavy atom. The van der Waals surface area contributed by atoms with Crippen molar-refractivity contribution in [1.29, 1.82) is 0 Å². The molecule has 0 fully saturated rings. The van der Waals surface area contributed by atoms with E-state index in [0.29, 0.717) is 23.0 Å². The van der Waals surface area contributed by atoms with Gasteiger partial charge in [-0.1, -0.05) is 0 Å². The van der Waals surface area contributed by atoms with E-state index in [9.17, 15) is 4.79 Å². The molecule has 0 atom stereocenters. The van der Waals surface area contributed by atoms with E-state index >= 15 is 0 Å². The van der Waals surface area contributed by atoms with Crippen molar-refractivity contribution in [3.63, 3.8) is 0 Å². The van der Waals surface area contributed by atoms with Crippen molar-refractivity contribution in [3.05, 3.63) is 29.6 Å². The number of nitrogen functional groups attached to an aromatic ring is 1. The summed E-state index contributed by atoms with van der Waals surface area (Å²) in [5.41, 5.74) is 7.07. The molecule has 19 heavy (non-hydrogen) atoms. The summed E-state index contributed by atoms with van der Waals surface area (Å²) in [5, 5.41) is 10.1. The molecule has 1 aromatic heterocycles. The molecule has 0 saturated heterocycles. The third-order valence-electron chi connectivity index (χ3n) is 2.39. The van der Waals surface area contributed by atoms with Gasteiger partial charge in [-0.2, -0.15) is 0 Å². The molecule has 0 aliphatic rings. The third-order valence-corrected chi connectivity index (χ3v) is 3.33. The summed E-state index contributed by atoms with van der Waals surface area (Å²) in [5.74, 6) is 0.622. The Labute approximate surface area is 115 Å². The van der Waals surface area contributed by atoms with Gasteiger partial charge in [0.1, 0.15) is 5.82 Å². The Balaban J connectivity index is 2.24. The molecule has 100 valence electrons. The number of aromatic nitrogens is 3. The van der Waals surface area contributed by atoms with E-state index in [4.69, 9.17) is 5.73 Å². The molecule has 0 spiro atoms. The molecule has 0 aliphatic heterocycles. The van der Waals surface area contributed by atoms with Crippen LogP contribution in [0.2, 0.25) is 0 Å². The standard InChI is InChI=1S/C12H15N5OS/c1-3-14-11(18)8-4-5-9(13)10(6-8)19-12-15-7(2)16-17-12/h4-6H,3,13H2,1-2H3,(H,14,18)(H,15,16,17). The first-order valence-corrected chi connectivity index (χ1v) is 6.66. The lowest BCUT2D eigenvalue weighted by Gasteiger charge is -2.06. The van der Waals surface area contributed by atoms with Crippen molar-refractivity contribution in [2.75, 3.05) is 12.3 Å². The predicted molar refractivity (Wildman–Crippen MR) is 74.1 cm³/mol. The molecule has 1 amide bonds. The van der Waals surface area contributed by atoms with Crippen molar-refractivity contribution in [1.82, 2.24) is 20.5 Å². The first-order chi connectivity index (χ1) is 9.10. The van der Waals surface area contributed by atoms with E-state index in [0.717, 1.165) is 10.7 Å². The lowest BCUT2D eigenvalue weighted by atomic mass is 10.2. The Kier molecular flexibility index (Phi) is 4.06. The maximum atomic E-state index is 11.8. The van der Waals surface area contributed by atoms with Crippen LogP contribution in [-0.2, 0) is 0 Å². The number of hydrogen-bond acceptors (Lipinski definition) is 5. The molecule has 0 aliphatic carbocycles. The van der Waals surface area contributed by atoms with Gasteiger partial charge >= 0.3 is 0 Å². The molecule has 0 saturated carbocycles. The summed E-state index contributed by atoms with van der Waals surface area (Å²) >= 11 is 1.33. The van der Waals surface area contributed by atoms with Crippen LogP contribution in [0.25, 0.3) is 0 Å². The average Bonchev–Trinajstić information content (AvgIpc) is 2.78. The first kappa shape index (κ1) is 13.4. The molecule has 7 heteroatoms. The minimum Gasteiger partial charge on any atom is -0.398 e. The van der Waals surface area contributed by atoms with Gasteiger partial charge in [-0.15, -0.1) is 5.10 Å². The lowest BCUT2D eigenvalue weighted by Crippen LogP contribution is -2.22. The van der Waals surface area contributed by atoms with Crippen LogP contribution < -0.4 is 11.1 Å². The summed E-state index contributed by atoms with van der Waals surface area (Å²) in [6, 6.07) is 5.16. The number of nitrogens with two attached hydrogens (primary N) is 1. The minimum absolute atomic E-state index is 0.115. The Morgan fingerprint density at radius 1 is 1.53 bits per heavy atom. The Bertz CT molecular complexity index is 596. The molecule has 0 unspecified atom stereocenters. The zero-order chi connectivity index (χ0) is 13.8. The number of benzene rings is 1. The number of anilines is 1. The van der Waals surface area contributed by atoms with Gasteiger partial charge in [0.2, 0.25) is 5.16 Å². The maximum absolute atomic E-state index is 11.8. The first-order valence-electron chi connectivity index (χ1n) is 5.84. The number of nitrogens with one attached hydrogen (secondary N) is 2. The molecule has 2 aromatic rings. The second kappa shape index (κ2) is 5.75. The molecule has 1 aromatic carbocycles. The SMILES string of the molecule is CCNC(=O)c1ccc(N)c(Sc2n[nH]c(C)n2)c1. The molecule has 4 N–H and O–H groups in total. The zero-order valence-electron chi connectivity index (χ0n) is 10.7. The summed E-state index contributed by atoms with van der Waals surface area (Å²) in [4.78, 5) is 16.7. The van der Waals surface area contributed by atoms with E-state index in [1.807, 2.05) is 13.8 Å². The van der Waals surface area contributed by atoms with Crippen molar-refractivity contribution < 1.29 is 4.79 Å². The van der Waals surface area contributed by atoms with E-state index in [2.05, 4.69) is 20.5 Å². The Morgan fingerprint density at radius 3 is 2.95 bits per heavy atom. The number of rotatable bonds is 4. The average molecular weight is 277 g/mol. The highest BCUT2D eigenvalue weighted by molar-refractivity contribution is 7.99. The van der Waals surface area contributed by atoms with Crippen LogP contribution in [0.3, 0.4) is 0 Å². The number of nitrogens with zero attached hydrogens (tertiary/aromatic N) is 2. The second-order valence-electron chi connectivity index (χ2n) is 3.92. The van der Waals surface area contributed by atoms with E-state index < -0.39 is 0 Å². The normalized spacial score (nSPS) is 10.4. The van der Waals surface area contributed by atoms with Crippen molar-refractivity contribution in [3.8, 4) is 0 Å². The third kappa shape index (κ3) is 3.25. The van der Waals surface area contributed by atoms with Crippen LogP contribution in [0.5, 0.6) is 0 Å². The number of hydrogen-bond donors (Lipinski definition) is 3. The fourth-order valence-electron chi connectivity index (χ4n) is 1.49. The summed E-state index contributed by atoms with van der Waals surface area (Å²) < 4.78 is 0. The number of carbonyl (C=O) groups is 1. The lowest BCUT2D eigenvalue weighted by molar-refractivity contribution is 0.0955. The van der Waals surface area contributed by atoms with Crippen LogP contribution in [-0.4, -0.2) is 27.6 Å². The fraction of sp³-hybridized carbons (Fsp3) is 0.250. The highest BCUT2D eigenvalue weighted by Crippen LogP contribution is 2.30. The van der Waals surface area contributed by atoms with E-state index in [1.54, 1.807) is 18.2 Å². The maximum Gasteiger partial charge on any atom is 0.251 e. The van der Waals surface area contributed by atoms with Crippen molar-refractivity contribution in [2.45, 2.75) is 23.9 Å². The minimum atomic E-state index is -0.115. The highest BCUT2D eigenvalue weighted by Gasteiger charge is 2.10. The number of amides is 1. The summed E-state index contributed by atoms with van der Waals surface area (Å²) in [7, 11) is 0. The summed E-state index contributed by atoms with van der Waals surface area (Å²) in [6.07, 6.45) is 0. The van der Waals surface area contributed by atoms with Crippen molar-refractivity contribution in [2.24, 2.45) is 0 Å². The second-order valence-corrected chi connectivity index (χ2v) is 4.93. The molecule has 2 rings (SSSR count). The number of carbonyl (C=O) groups excluding carboxylic acids is 1. The zero-order valence-corrected chi connectivity index (χ0v) is 11.5. The summed E-state index contributed by atoms with van der Waals surface area (Å²) in [6.45, 7) is 4.29. The van der Waals surface area contributed by atoms with Gasteiger partial charge in [-0.05, 0) is 43.8 Å². The molecule has 0 bridgehead atoms. The molecule has 1 heterocycles. The van der Waals surface area contributed by atoms with Gasteiger partial charge in [-0.25, -0.2) is 4.98 Å². The van der Waals surface area contributed by atoms with Crippen LogP contribution in [0.4, 0.5) is 5.69 Å². The van der Waals surface area contributed by atoms with E-state index in [1.165, 1.54) is 11.8 Å². The molecule has 6 nitrogen and oxygen atoms in total. The van der Waals surface area contributed by atoms with Gasteiger partial charge in [0.25, 0.3) is 5.91 Å². The molecular formula is C12H15N5OS. The van der Waals surface area contributed by atoms with Gasteiger partial charge in [0.15, 0.2) is 0 Å². The van der Waals surface area contributed by atoms with Gasteiger partial charge < -0.3 is 11.1 Å². The fourth-order valence-corrected chi connectivity index (χ4v) is 2.34. The topological polar surface area (TPSA) is 96.7 Å². The van der Waals surface area contributed by atoms with Gasteiger partial charge in [0.05, 0.1) is 0 Å². The van der Waals surface area contributed by atoms with Crippen molar-refractivity contribution >= 4 is 23.4 Å². The molecule has 0 radical (unpaired) electrons. The smallest absolute Gasteiger partial charge is 0.251 e. The highest BCUT2D eigenvalue weighted by atomic mass is 32.2. The van der Waals surface area contributed by atoms with Crippen LogP contribution in [0.15, 0.2) is 28.3 Å². The Hall–Kier alpha value is -2.02. The molecular weight excluding hydrogens is 262 g/mol. The number of H-pyrrole nitrogens is 1. The number of aromatic amines is 1. The van der Waals surface area contributed by atoms with Crippen LogP contribution >= 0.6 is 11.8 Å². The van der Waals surface area contributed by atoms with Gasteiger partial charge in [-0.3, -0.25) is 9.89 Å². The monoisotopic (exact) mass is 277 g/mol. The van der Waals surface area contributed by atoms with Gasteiger partial charge in [0, 0.05) is 22.7 Å². The van der Waals surface area contributed by atoms with Crippen LogP contribution in [0.1, 0.15) is 23.1 Å². The largest absolute Gasteiger partial charge is 0.398 e. The van der Waals surface area contributed by atoms with Crippen LogP contribution in [0, 0.1) is 6.92 Å². The quantitative estimate of drug-likeness (QED) is 0.737. The predicted octanol–water partition coefficient (Wildman–Crippen LogP) is 1.60.